The molecule has 27 heavy (non-hydrogen) atoms. The molecule has 0 amide bonds. The molecule has 0 unspecified atom stereocenters. The van der Waals surface area contributed by atoms with Crippen LogP contribution in [0, 0.1) is 10.1 Å². The minimum absolute atomic E-state index is 0.0307. The third-order valence-electron chi connectivity index (χ3n) is 4.62. The van der Waals surface area contributed by atoms with Crippen molar-refractivity contribution < 1.29 is 14.5 Å². The van der Waals surface area contributed by atoms with E-state index in [-0.39, 0.29) is 17.6 Å². The molecular weight excluding hydrogens is 352 g/mol. The minimum Gasteiger partial charge on any atom is -0.493 e. The highest BCUT2D eigenvalue weighted by Gasteiger charge is 2.42. The van der Waals surface area contributed by atoms with Gasteiger partial charge in [-0.3, -0.25) is 15.0 Å². The Bertz CT molecular complexity index is 727. The average molecular weight is 376 g/mol. The lowest BCUT2D eigenvalue weighted by atomic mass is 9.89. The van der Waals surface area contributed by atoms with Crippen molar-refractivity contribution in [2.75, 3.05) is 13.2 Å². The van der Waals surface area contributed by atoms with E-state index < -0.39 is 10.6 Å². The summed E-state index contributed by atoms with van der Waals surface area (Å²) in [5.74, 6) is 0.984. The van der Waals surface area contributed by atoms with Gasteiger partial charge in [0, 0.05) is 18.6 Å². The van der Waals surface area contributed by atoms with Crippen molar-refractivity contribution in [2.24, 2.45) is 21.5 Å². The summed E-state index contributed by atoms with van der Waals surface area (Å²) in [6, 6.07) is 5.96. The van der Waals surface area contributed by atoms with Crippen LogP contribution in [0.1, 0.15) is 38.5 Å². The van der Waals surface area contributed by atoms with Crippen LogP contribution in [-0.2, 0) is 4.84 Å². The van der Waals surface area contributed by atoms with Crippen molar-refractivity contribution >= 4 is 17.6 Å². The van der Waals surface area contributed by atoms with E-state index in [0.29, 0.717) is 25.4 Å². The Morgan fingerprint density at radius 3 is 2.52 bits per heavy atom. The molecule has 2 aliphatic rings. The van der Waals surface area contributed by atoms with Crippen molar-refractivity contribution in [1.82, 2.24) is 5.06 Å². The van der Waals surface area contributed by atoms with Crippen LogP contribution in [0.3, 0.4) is 0 Å². The second-order valence-corrected chi connectivity index (χ2v) is 6.56. The minimum atomic E-state index is -0.562. The maximum Gasteiger partial charge on any atom is 0.269 e. The topological polar surface area (TPSA) is 142 Å². The van der Waals surface area contributed by atoms with E-state index >= 15 is 0 Å². The Kier molecular flexibility index (Phi) is 5.75. The van der Waals surface area contributed by atoms with E-state index in [1.165, 1.54) is 12.1 Å². The number of nitrogens with zero attached hydrogens (tertiary/aromatic N) is 4. The van der Waals surface area contributed by atoms with Gasteiger partial charge in [0.1, 0.15) is 5.75 Å². The van der Waals surface area contributed by atoms with Crippen LogP contribution < -0.4 is 16.2 Å². The first-order valence-corrected chi connectivity index (χ1v) is 9.00. The van der Waals surface area contributed by atoms with E-state index in [4.69, 9.17) is 21.0 Å². The number of aliphatic imine (C=N–C) groups is 2. The third-order valence-corrected chi connectivity index (χ3v) is 4.62. The molecule has 0 atom stereocenters. The summed E-state index contributed by atoms with van der Waals surface area (Å²) in [6.07, 6.45) is 5.48. The number of nitro benzene ring substituents is 1. The Hall–Kier alpha value is -2.88. The molecule has 0 radical (unpaired) electrons. The zero-order valence-electron chi connectivity index (χ0n) is 15.0. The molecule has 3 rings (SSSR count). The van der Waals surface area contributed by atoms with Crippen molar-refractivity contribution in [3.8, 4) is 5.75 Å². The van der Waals surface area contributed by atoms with Gasteiger partial charge in [0.2, 0.25) is 11.9 Å². The Morgan fingerprint density at radius 1 is 1.15 bits per heavy atom. The second-order valence-electron chi connectivity index (χ2n) is 6.56. The molecule has 1 saturated carbocycles. The lowest BCUT2D eigenvalue weighted by Gasteiger charge is -2.44. The van der Waals surface area contributed by atoms with E-state index in [2.05, 4.69) is 9.98 Å². The van der Waals surface area contributed by atoms with Crippen molar-refractivity contribution in [3.63, 3.8) is 0 Å². The van der Waals surface area contributed by atoms with Crippen LogP contribution in [-0.4, -0.2) is 40.8 Å². The number of hydroxylamine groups is 2. The molecule has 1 fully saturated rings. The van der Waals surface area contributed by atoms with E-state index in [1.54, 1.807) is 17.2 Å². The average Bonchev–Trinajstić information content (AvgIpc) is 2.64. The van der Waals surface area contributed by atoms with Gasteiger partial charge in [0.25, 0.3) is 5.69 Å². The van der Waals surface area contributed by atoms with Crippen LogP contribution in [0.5, 0.6) is 5.75 Å². The largest absolute Gasteiger partial charge is 0.493 e. The fourth-order valence-electron chi connectivity index (χ4n) is 3.35. The number of ether oxygens (including phenoxy) is 1. The smallest absolute Gasteiger partial charge is 0.269 e. The summed E-state index contributed by atoms with van der Waals surface area (Å²) in [5, 5.41) is 12.2. The predicted molar refractivity (Wildman–Crippen MR) is 100 cm³/mol. The number of hydrogen-bond donors (Lipinski definition) is 2. The summed E-state index contributed by atoms with van der Waals surface area (Å²) >= 11 is 0. The molecule has 0 saturated heterocycles. The number of benzene rings is 1. The highest BCUT2D eigenvalue weighted by molar-refractivity contribution is 5.95. The molecule has 1 aromatic rings. The summed E-state index contributed by atoms with van der Waals surface area (Å²) in [4.78, 5) is 24.6. The lowest BCUT2D eigenvalue weighted by molar-refractivity contribution is -0.384. The zero-order valence-corrected chi connectivity index (χ0v) is 15.0. The molecular formula is C17H24N6O4. The van der Waals surface area contributed by atoms with Crippen molar-refractivity contribution in [2.45, 2.75) is 44.2 Å². The van der Waals surface area contributed by atoms with Gasteiger partial charge in [-0.1, -0.05) is 6.42 Å². The maximum atomic E-state index is 10.6. The molecule has 4 N–H and O–H groups in total. The highest BCUT2D eigenvalue weighted by Crippen LogP contribution is 2.36. The first kappa shape index (κ1) is 18.9. The van der Waals surface area contributed by atoms with Gasteiger partial charge < -0.3 is 16.2 Å². The molecule has 146 valence electrons. The quantitative estimate of drug-likeness (QED) is 0.420. The molecule has 0 aromatic heterocycles. The van der Waals surface area contributed by atoms with Gasteiger partial charge in [0.05, 0.1) is 18.1 Å². The number of nitro groups is 1. The molecule has 1 heterocycles. The number of non-ortho nitro benzene ring substituents is 1. The first-order valence-electron chi connectivity index (χ1n) is 9.00. The van der Waals surface area contributed by atoms with Gasteiger partial charge in [0.15, 0.2) is 5.66 Å². The van der Waals surface area contributed by atoms with E-state index in [1.807, 2.05) is 0 Å². The predicted octanol–water partition coefficient (Wildman–Crippen LogP) is 1.90. The molecule has 1 aromatic carbocycles. The Balaban J connectivity index is 1.49. The van der Waals surface area contributed by atoms with Crippen LogP contribution in [0.2, 0.25) is 0 Å². The summed E-state index contributed by atoms with van der Waals surface area (Å²) in [7, 11) is 0. The van der Waals surface area contributed by atoms with Crippen LogP contribution >= 0.6 is 0 Å². The van der Waals surface area contributed by atoms with Gasteiger partial charge in [-0.05, 0) is 37.8 Å². The normalized spacial score (nSPS) is 18.7. The number of guanidine groups is 2. The molecule has 1 spiro atoms. The Labute approximate surface area is 156 Å². The van der Waals surface area contributed by atoms with Crippen LogP contribution in [0.25, 0.3) is 0 Å². The third kappa shape index (κ3) is 4.45. The zero-order chi connectivity index (χ0) is 19.3. The van der Waals surface area contributed by atoms with Crippen molar-refractivity contribution in [1.29, 1.82) is 0 Å². The number of hydrogen-bond acceptors (Lipinski definition) is 9. The van der Waals surface area contributed by atoms with Crippen molar-refractivity contribution in [3.05, 3.63) is 34.4 Å². The Morgan fingerprint density at radius 2 is 1.85 bits per heavy atom. The maximum absolute atomic E-state index is 10.6. The summed E-state index contributed by atoms with van der Waals surface area (Å²) in [5.41, 5.74) is 11.3. The molecule has 0 bridgehead atoms. The lowest BCUT2D eigenvalue weighted by Crippen LogP contribution is -2.57. The van der Waals surface area contributed by atoms with Crippen LogP contribution in [0.4, 0.5) is 5.69 Å². The van der Waals surface area contributed by atoms with Crippen LogP contribution in [0.15, 0.2) is 34.3 Å². The number of nitrogens with two attached hydrogens (primary N) is 2. The summed E-state index contributed by atoms with van der Waals surface area (Å²) in [6.45, 7) is 0.779. The van der Waals surface area contributed by atoms with Gasteiger partial charge in [-0.2, -0.15) is 10.1 Å². The number of rotatable bonds is 7. The molecule has 10 nitrogen and oxygen atoms in total. The molecule has 10 heteroatoms. The first-order chi connectivity index (χ1) is 13.0. The standard InChI is InChI=1S/C17H24N6O4/c18-15-20-16(19)22(17(21-15)9-2-1-3-10-17)27-12-4-11-26-14-7-5-13(6-8-14)23(24)25/h5-8H,1-4,9-12H2,(H4,18,19,20,21). The monoisotopic (exact) mass is 376 g/mol. The SMILES string of the molecule is NC1=NC2(CCCCC2)N(OCCCOc2ccc([N+](=O)[O-])cc2)C(N)=N1. The summed E-state index contributed by atoms with van der Waals surface area (Å²) < 4.78 is 5.58. The fourth-order valence-corrected chi connectivity index (χ4v) is 3.35. The molecule has 1 aliphatic carbocycles. The fraction of sp³-hybridized carbons (Fsp3) is 0.529. The second kappa shape index (κ2) is 8.21. The van der Waals surface area contributed by atoms with E-state index in [9.17, 15) is 10.1 Å². The highest BCUT2D eigenvalue weighted by atomic mass is 16.7. The molecule has 1 aliphatic heterocycles. The van der Waals surface area contributed by atoms with E-state index in [0.717, 1.165) is 32.1 Å². The van der Waals surface area contributed by atoms with Gasteiger partial charge in [-0.15, -0.1) is 0 Å². The van der Waals surface area contributed by atoms with Gasteiger partial charge in [-0.25, -0.2) is 4.99 Å². The van der Waals surface area contributed by atoms with Gasteiger partial charge >= 0.3 is 0 Å².